The van der Waals surface area contributed by atoms with Gasteiger partial charge in [-0.1, -0.05) is 30.3 Å². The molecule has 3 aromatic rings. The van der Waals surface area contributed by atoms with Crippen molar-refractivity contribution in [3.63, 3.8) is 0 Å². The molecule has 0 spiro atoms. The molecule has 0 atom stereocenters. The minimum atomic E-state index is -3.83. The molecule has 144 valence electrons. The number of ether oxygens (including phenoxy) is 1. The zero-order valence-electron chi connectivity index (χ0n) is 15.5. The fourth-order valence-corrected chi connectivity index (χ4v) is 3.76. The standard InChI is InChI=1S/C21H20N2O4S/c1-15-7-5-9-17(13-15)23-28(25,26)18-10-6-8-16(14-18)21(24)22-19-11-3-4-12-20(19)27-2/h3-14,23H,1-2H3,(H,22,24). The largest absolute Gasteiger partial charge is 0.495 e. The highest BCUT2D eigenvalue weighted by Crippen LogP contribution is 2.24. The summed E-state index contributed by atoms with van der Waals surface area (Å²) in [6, 6.07) is 19.9. The predicted molar refractivity (Wildman–Crippen MR) is 109 cm³/mol. The maximum atomic E-state index is 12.7. The lowest BCUT2D eigenvalue weighted by Crippen LogP contribution is -2.16. The van der Waals surface area contributed by atoms with Crippen LogP contribution in [0.25, 0.3) is 0 Å². The first kappa shape index (κ1) is 19.4. The Morgan fingerprint density at radius 3 is 2.43 bits per heavy atom. The molecule has 0 saturated carbocycles. The van der Waals surface area contributed by atoms with Gasteiger partial charge in [0.15, 0.2) is 0 Å². The highest BCUT2D eigenvalue weighted by Gasteiger charge is 2.17. The second-order valence-electron chi connectivity index (χ2n) is 6.16. The van der Waals surface area contributed by atoms with Gasteiger partial charge in [0.1, 0.15) is 5.75 Å². The van der Waals surface area contributed by atoms with E-state index in [0.717, 1.165) is 5.56 Å². The highest BCUT2D eigenvalue weighted by atomic mass is 32.2. The molecule has 0 radical (unpaired) electrons. The van der Waals surface area contributed by atoms with Gasteiger partial charge in [0.2, 0.25) is 0 Å². The summed E-state index contributed by atoms with van der Waals surface area (Å²) >= 11 is 0. The summed E-state index contributed by atoms with van der Waals surface area (Å²) in [5, 5.41) is 2.73. The minimum absolute atomic E-state index is 0.00156. The smallest absolute Gasteiger partial charge is 0.261 e. The van der Waals surface area contributed by atoms with Crippen LogP contribution in [-0.4, -0.2) is 21.4 Å². The number of methoxy groups -OCH3 is 1. The van der Waals surface area contributed by atoms with E-state index in [1.165, 1.54) is 25.3 Å². The molecule has 1 amide bonds. The van der Waals surface area contributed by atoms with E-state index in [4.69, 9.17) is 4.74 Å². The Bertz CT molecular complexity index is 1110. The molecular formula is C21H20N2O4S. The fraction of sp³-hybridized carbons (Fsp3) is 0.0952. The van der Waals surface area contributed by atoms with Gasteiger partial charge in [0.25, 0.3) is 15.9 Å². The summed E-state index contributed by atoms with van der Waals surface area (Å²) in [6.07, 6.45) is 0. The van der Waals surface area contributed by atoms with Crippen molar-refractivity contribution in [3.8, 4) is 5.75 Å². The van der Waals surface area contributed by atoms with Crippen molar-refractivity contribution >= 4 is 27.3 Å². The van der Waals surface area contributed by atoms with E-state index in [0.29, 0.717) is 17.1 Å². The molecule has 7 heteroatoms. The van der Waals surface area contributed by atoms with Crippen LogP contribution in [0.5, 0.6) is 5.75 Å². The Morgan fingerprint density at radius 2 is 1.68 bits per heavy atom. The van der Waals surface area contributed by atoms with Gasteiger partial charge in [-0.2, -0.15) is 0 Å². The van der Waals surface area contributed by atoms with Crippen LogP contribution in [-0.2, 0) is 10.0 Å². The van der Waals surface area contributed by atoms with Crippen LogP contribution in [0.2, 0.25) is 0 Å². The van der Waals surface area contributed by atoms with E-state index in [1.807, 2.05) is 13.0 Å². The summed E-state index contributed by atoms with van der Waals surface area (Å²) < 4.78 is 33.1. The fourth-order valence-electron chi connectivity index (χ4n) is 2.67. The van der Waals surface area contributed by atoms with Crippen LogP contribution < -0.4 is 14.8 Å². The van der Waals surface area contributed by atoms with E-state index in [-0.39, 0.29) is 10.5 Å². The second kappa shape index (κ2) is 8.14. The number of anilines is 2. The SMILES string of the molecule is COc1ccccc1NC(=O)c1cccc(S(=O)(=O)Nc2cccc(C)c2)c1. The molecule has 6 nitrogen and oxygen atoms in total. The molecule has 3 rings (SSSR count). The van der Waals surface area contributed by atoms with Gasteiger partial charge in [-0.25, -0.2) is 8.42 Å². The number of hydrogen-bond acceptors (Lipinski definition) is 4. The topological polar surface area (TPSA) is 84.5 Å². The lowest BCUT2D eigenvalue weighted by molar-refractivity contribution is 0.102. The Balaban J connectivity index is 1.84. The van der Waals surface area contributed by atoms with Gasteiger partial charge in [0.05, 0.1) is 17.7 Å². The van der Waals surface area contributed by atoms with Crippen LogP contribution >= 0.6 is 0 Å². The number of amides is 1. The number of rotatable bonds is 6. The summed E-state index contributed by atoms with van der Waals surface area (Å²) in [5.41, 5.74) is 2.12. The number of sulfonamides is 1. The van der Waals surface area contributed by atoms with Crippen LogP contribution in [0, 0.1) is 6.92 Å². The third-order valence-corrected chi connectivity index (χ3v) is 5.41. The molecule has 0 saturated heterocycles. The number of nitrogens with one attached hydrogen (secondary N) is 2. The lowest BCUT2D eigenvalue weighted by Gasteiger charge is -2.12. The van der Waals surface area contributed by atoms with Gasteiger partial charge in [-0.3, -0.25) is 9.52 Å². The van der Waals surface area contributed by atoms with Gasteiger partial charge >= 0.3 is 0 Å². The number of hydrogen-bond donors (Lipinski definition) is 2. The first-order valence-electron chi connectivity index (χ1n) is 8.53. The van der Waals surface area contributed by atoms with Crippen molar-refractivity contribution in [2.75, 3.05) is 17.1 Å². The molecule has 0 unspecified atom stereocenters. The Kier molecular flexibility index (Phi) is 5.65. The molecule has 0 bridgehead atoms. The molecule has 0 aromatic heterocycles. The van der Waals surface area contributed by atoms with E-state index in [9.17, 15) is 13.2 Å². The zero-order chi connectivity index (χ0) is 20.1. The maximum Gasteiger partial charge on any atom is 0.261 e. The molecule has 2 N–H and O–H groups in total. The van der Waals surface area contributed by atoms with Crippen molar-refractivity contribution in [2.24, 2.45) is 0 Å². The van der Waals surface area contributed by atoms with Gasteiger partial charge < -0.3 is 10.1 Å². The first-order chi connectivity index (χ1) is 13.4. The van der Waals surface area contributed by atoms with Gasteiger partial charge in [0, 0.05) is 11.3 Å². The van der Waals surface area contributed by atoms with Crippen LogP contribution in [0.3, 0.4) is 0 Å². The Labute approximate surface area is 164 Å². The van der Waals surface area contributed by atoms with Crippen molar-refractivity contribution in [2.45, 2.75) is 11.8 Å². The molecular weight excluding hydrogens is 376 g/mol. The lowest BCUT2D eigenvalue weighted by atomic mass is 10.2. The zero-order valence-corrected chi connectivity index (χ0v) is 16.3. The second-order valence-corrected chi connectivity index (χ2v) is 7.84. The average molecular weight is 396 g/mol. The molecule has 0 fully saturated rings. The van der Waals surface area contributed by atoms with Gasteiger partial charge in [-0.05, 0) is 55.0 Å². The predicted octanol–water partition coefficient (Wildman–Crippen LogP) is 4.06. The maximum absolute atomic E-state index is 12.7. The number of aryl methyl sites for hydroxylation is 1. The number of carbonyl (C=O) groups is 1. The third kappa shape index (κ3) is 4.50. The summed E-state index contributed by atoms with van der Waals surface area (Å²) in [6.45, 7) is 1.88. The molecule has 28 heavy (non-hydrogen) atoms. The Morgan fingerprint density at radius 1 is 0.929 bits per heavy atom. The first-order valence-corrected chi connectivity index (χ1v) is 10.0. The normalized spacial score (nSPS) is 10.9. The van der Waals surface area contributed by atoms with Crippen LogP contribution in [0.15, 0.2) is 77.7 Å². The van der Waals surface area contributed by atoms with Crippen LogP contribution in [0.1, 0.15) is 15.9 Å². The molecule has 0 heterocycles. The van der Waals surface area contributed by atoms with Crippen molar-refractivity contribution in [1.82, 2.24) is 0 Å². The summed E-state index contributed by atoms with van der Waals surface area (Å²) in [4.78, 5) is 12.6. The highest BCUT2D eigenvalue weighted by molar-refractivity contribution is 7.92. The minimum Gasteiger partial charge on any atom is -0.495 e. The monoisotopic (exact) mass is 396 g/mol. The number of benzene rings is 3. The molecule has 0 aliphatic carbocycles. The molecule has 0 aliphatic heterocycles. The molecule has 3 aromatic carbocycles. The quantitative estimate of drug-likeness (QED) is 0.658. The summed E-state index contributed by atoms with van der Waals surface area (Å²) in [5.74, 6) is 0.0813. The van der Waals surface area contributed by atoms with E-state index in [2.05, 4.69) is 10.0 Å². The number of carbonyl (C=O) groups excluding carboxylic acids is 1. The van der Waals surface area contributed by atoms with Crippen LogP contribution in [0.4, 0.5) is 11.4 Å². The third-order valence-electron chi connectivity index (χ3n) is 4.03. The van der Waals surface area contributed by atoms with E-state index in [1.54, 1.807) is 48.5 Å². The Hall–Kier alpha value is -3.32. The average Bonchev–Trinajstić information content (AvgIpc) is 2.68. The van der Waals surface area contributed by atoms with Crippen molar-refractivity contribution < 1.29 is 17.9 Å². The van der Waals surface area contributed by atoms with Crippen molar-refractivity contribution in [1.29, 1.82) is 0 Å². The van der Waals surface area contributed by atoms with E-state index < -0.39 is 15.9 Å². The number of para-hydroxylation sites is 2. The van der Waals surface area contributed by atoms with Crippen molar-refractivity contribution in [3.05, 3.63) is 83.9 Å². The molecule has 0 aliphatic rings. The van der Waals surface area contributed by atoms with E-state index >= 15 is 0 Å². The van der Waals surface area contributed by atoms with Gasteiger partial charge in [-0.15, -0.1) is 0 Å². The summed E-state index contributed by atoms with van der Waals surface area (Å²) in [7, 11) is -2.32.